The molecule has 2 aromatic carbocycles. The molecule has 1 atom stereocenters. The van der Waals surface area contributed by atoms with Crippen LogP contribution in [0.3, 0.4) is 0 Å². The smallest absolute Gasteiger partial charge is 0.264 e. The fraction of sp³-hybridized carbons (Fsp3) is 0.333. The van der Waals surface area contributed by atoms with Crippen LogP contribution >= 0.6 is 11.3 Å². The quantitative estimate of drug-likeness (QED) is 0.560. The van der Waals surface area contributed by atoms with Crippen molar-refractivity contribution in [2.45, 2.75) is 31.7 Å². The van der Waals surface area contributed by atoms with E-state index < -0.39 is 5.82 Å². The molecule has 2 aliphatic rings. The maximum Gasteiger partial charge on any atom is 0.264 e. The number of likely N-dealkylation sites (tertiary alicyclic amines) is 1. The minimum atomic E-state index is -0.559. The molecule has 5 nitrogen and oxygen atoms in total. The maximum absolute atomic E-state index is 14.5. The van der Waals surface area contributed by atoms with Crippen molar-refractivity contribution >= 4 is 22.9 Å². The van der Waals surface area contributed by atoms with Gasteiger partial charge < -0.3 is 15.5 Å². The Bertz CT molecular complexity index is 1240. The summed E-state index contributed by atoms with van der Waals surface area (Å²) < 4.78 is 14.5. The summed E-state index contributed by atoms with van der Waals surface area (Å²) in [6.45, 7) is 3.40. The monoisotopic (exact) mass is 474 g/mol. The molecule has 0 unspecified atom stereocenters. The fourth-order valence-electron chi connectivity index (χ4n) is 4.85. The number of carbonyl (C=O) groups excluding carboxylic acids is 1. The molecule has 1 aromatic heterocycles. The summed E-state index contributed by atoms with van der Waals surface area (Å²) in [6, 6.07) is 16.8. The molecule has 0 radical (unpaired) electrons. The number of nitrogens with two attached hydrogens (primary N) is 1. The average molecular weight is 475 g/mol. The Labute approximate surface area is 203 Å². The van der Waals surface area contributed by atoms with Crippen LogP contribution in [0.1, 0.15) is 40.9 Å². The summed E-state index contributed by atoms with van der Waals surface area (Å²) in [7, 11) is 0. The normalized spacial score (nSPS) is 18.2. The summed E-state index contributed by atoms with van der Waals surface area (Å²) in [6.07, 6.45) is 4.26. The topological polar surface area (TPSA) is 73.4 Å². The number of thiophene rings is 1. The minimum absolute atomic E-state index is 0.00218. The maximum atomic E-state index is 14.5. The van der Waals surface area contributed by atoms with Gasteiger partial charge >= 0.3 is 0 Å². The van der Waals surface area contributed by atoms with E-state index in [1.165, 1.54) is 42.0 Å². The molecule has 174 valence electrons. The van der Waals surface area contributed by atoms with Crippen molar-refractivity contribution in [3.05, 3.63) is 64.8 Å². The number of hydrogen-bond acceptors (Lipinski definition) is 5. The van der Waals surface area contributed by atoms with Crippen molar-refractivity contribution in [3.63, 3.8) is 0 Å². The third-order valence-corrected chi connectivity index (χ3v) is 7.86. The van der Waals surface area contributed by atoms with Crippen LogP contribution in [-0.2, 0) is 0 Å². The van der Waals surface area contributed by atoms with Gasteiger partial charge in [-0.3, -0.25) is 4.79 Å². The Morgan fingerprint density at radius 2 is 1.76 bits per heavy atom. The summed E-state index contributed by atoms with van der Waals surface area (Å²) in [5.41, 5.74) is 9.75. The summed E-state index contributed by atoms with van der Waals surface area (Å²) >= 11 is 1.43. The summed E-state index contributed by atoms with van der Waals surface area (Å²) in [5, 5.41) is 9.12. The Morgan fingerprint density at radius 3 is 2.44 bits per heavy atom. The molecule has 3 aromatic rings. The van der Waals surface area contributed by atoms with Gasteiger partial charge in [-0.25, -0.2) is 4.39 Å². The lowest BCUT2D eigenvalue weighted by molar-refractivity contribution is 0.0714. The molecule has 2 aliphatic heterocycles. The van der Waals surface area contributed by atoms with Crippen molar-refractivity contribution in [1.82, 2.24) is 4.90 Å². The second-order valence-corrected chi connectivity index (χ2v) is 10.1. The lowest BCUT2D eigenvalue weighted by Crippen LogP contribution is -2.45. The molecule has 5 rings (SSSR count). The Balaban J connectivity index is 1.54. The molecule has 3 heterocycles. The van der Waals surface area contributed by atoms with Gasteiger partial charge in [-0.1, -0.05) is 18.2 Å². The zero-order chi connectivity index (χ0) is 23.7. The Kier molecular flexibility index (Phi) is 6.36. The summed E-state index contributed by atoms with van der Waals surface area (Å²) in [5.74, 6) is -0.591. The van der Waals surface area contributed by atoms with Gasteiger partial charge in [-0.15, -0.1) is 11.3 Å². The molecule has 2 fully saturated rings. The van der Waals surface area contributed by atoms with Crippen LogP contribution in [0.25, 0.3) is 21.6 Å². The van der Waals surface area contributed by atoms with E-state index in [0.29, 0.717) is 23.5 Å². The third kappa shape index (κ3) is 4.44. The van der Waals surface area contributed by atoms with Gasteiger partial charge in [0.05, 0.1) is 10.4 Å². The lowest BCUT2D eigenvalue weighted by atomic mass is 10.0. The van der Waals surface area contributed by atoms with Crippen molar-refractivity contribution in [2.24, 2.45) is 5.73 Å². The molecule has 34 heavy (non-hydrogen) atoms. The first-order valence-electron chi connectivity index (χ1n) is 11.8. The van der Waals surface area contributed by atoms with E-state index in [4.69, 9.17) is 11.0 Å². The molecule has 0 saturated carbocycles. The molecular weight excluding hydrogens is 447 g/mol. The molecule has 2 N–H and O–H groups in total. The van der Waals surface area contributed by atoms with Crippen molar-refractivity contribution in [3.8, 4) is 27.6 Å². The van der Waals surface area contributed by atoms with E-state index >= 15 is 0 Å². The largest absolute Gasteiger partial charge is 0.372 e. The highest BCUT2D eigenvalue weighted by Gasteiger charge is 2.26. The van der Waals surface area contributed by atoms with Crippen LogP contribution in [0.2, 0.25) is 0 Å². The molecule has 0 aliphatic carbocycles. The van der Waals surface area contributed by atoms with Crippen LogP contribution in [0.5, 0.6) is 0 Å². The molecule has 2 saturated heterocycles. The number of nitriles is 1. The molecular formula is C27H27FN4OS. The first-order valence-corrected chi connectivity index (χ1v) is 12.6. The number of anilines is 1. The van der Waals surface area contributed by atoms with E-state index in [1.54, 1.807) is 6.07 Å². The summed E-state index contributed by atoms with van der Waals surface area (Å²) in [4.78, 5) is 19.1. The van der Waals surface area contributed by atoms with Crippen LogP contribution in [0, 0.1) is 17.1 Å². The second-order valence-electron chi connectivity index (χ2n) is 9.05. The van der Waals surface area contributed by atoms with E-state index in [0.717, 1.165) is 41.9 Å². The first kappa shape index (κ1) is 22.6. The predicted molar refractivity (Wildman–Crippen MR) is 134 cm³/mol. The fourth-order valence-corrected chi connectivity index (χ4v) is 6.00. The molecule has 1 amide bonds. The van der Waals surface area contributed by atoms with Gasteiger partial charge in [0, 0.05) is 48.3 Å². The molecule has 0 spiro atoms. The number of piperidine rings is 1. The zero-order valence-electron chi connectivity index (χ0n) is 19.0. The number of benzene rings is 2. The number of nitrogens with zero attached hydrogens (tertiary/aromatic N) is 3. The lowest BCUT2D eigenvalue weighted by Gasteiger charge is -2.30. The van der Waals surface area contributed by atoms with Crippen molar-refractivity contribution in [1.29, 1.82) is 5.26 Å². The SMILES string of the molecule is N#Cc1ccc(-c2cc(C(=O)N3CCC[C@@H](N)C3)sc2-c2ccc(N3CCCC3)cc2)cc1F. The number of hydrogen-bond donors (Lipinski definition) is 1. The second kappa shape index (κ2) is 9.57. The third-order valence-electron chi connectivity index (χ3n) is 6.69. The van der Waals surface area contributed by atoms with E-state index in [9.17, 15) is 9.18 Å². The van der Waals surface area contributed by atoms with Gasteiger partial charge in [-0.05, 0) is 67.1 Å². The van der Waals surface area contributed by atoms with Gasteiger partial charge in [0.1, 0.15) is 11.9 Å². The van der Waals surface area contributed by atoms with Crippen molar-refractivity contribution < 1.29 is 9.18 Å². The first-order chi connectivity index (χ1) is 16.5. The van der Waals surface area contributed by atoms with Crippen LogP contribution in [-0.4, -0.2) is 43.0 Å². The molecule has 0 bridgehead atoms. The highest BCUT2D eigenvalue weighted by molar-refractivity contribution is 7.18. The van der Waals surface area contributed by atoms with Crippen LogP contribution < -0.4 is 10.6 Å². The van der Waals surface area contributed by atoms with Gasteiger partial charge in [0.2, 0.25) is 0 Å². The average Bonchev–Trinajstić information content (AvgIpc) is 3.54. The standard InChI is InChI=1S/C27H27FN4OS/c28-24-14-19(5-6-20(24)16-29)23-15-25(27(33)32-13-3-4-21(30)17-32)34-26(23)18-7-9-22(10-8-18)31-11-1-2-12-31/h5-10,14-15,21H,1-4,11-13,17,30H2/t21-/m1/s1. The van der Waals surface area contributed by atoms with Crippen LogP contribution in [0.15, 0.2) is 48.5 Å². The number of rotatable bonds is 4. The van der Waals surface area contributed by atoms with Gasteiger partial charge in [-0.2, -0.15) is 5.26 Å². The zero-order valence-corrected chi connectivity index (χ0v) is 19.8. The number of carbonyl (C=O) groups is 1. The number of halogens is 1. The minimum Gasteiger partial charge on any atom is -0.372 e. The highest BCUT2D eigenvalue weighted by Crippen LogP contribution is 2.41. The predicted octanol–water partition coefficient (Wildman–Crippen LogP) is 5.26. The molecule has 7 heteroatoms. The van der Waals surface area contributed by atoms with Crippen molar-refractivity contribution in [2.75, 3.05) is 31.1 Å². The van der Waals surface area contributed by atoms with Gasteiger partial charge in [0.25, 0.3) is 5.91 Å². The Morgan fingerprint density at radius 1 is 1.03 bits per heavy atom. The Hall–Kier alpha value is -3.21. The van der Waals surface area contributed by atoms with Crippen LogP contribution in [0.4, 0.5) is 10.1 Å². The van der Waals surface area contributed by atoms with E-state index in [-0.39, 0.29) is 17.5 Å². The van der Waals surface area contributed by atoms with E-state index in [2.05, 4.69) is 29.2 Å². The van der Waals surface area contributed by atoms with Gasteiger partial charge in [0.15, 0.2) is 0 Å². The van der Waals surface area contributed by atoms with E-state index in [1.807, 2.05) is 17.0 Å². The highest BCUT2D eigenvalue weighted by atomic mass is 32.1. The number of amides is 1.